The third-order valence-corrected chi connectivity index (χ3v) is 3.16. The average molecular weight is 257 g/mol. The summed E-state index contributed by atoms with van der Waals surface area (Å²) >= 11 is 0. The van der Waals surface area contributed by atoms with Crippen molar-refractivity contribution in [1.82, 2.24) is 5.32 Å². The number of nitrogens with one attached hydrogen (secondary N) is 1. The van der Waals surface area contributed by atoms with E-state index in [1.807, 2.05) is 0 Å². The molecular formula is C13H14F3NO. The lowest BCUT2D eigenvalue weighted by Gasteiger charge is -2.12. The predicted octanol–water partition coefficient (Wildman–Crippen LogP) is 2.71. The van der Waals surface area contributed by atoms with Crippen molar-refractivity contribution in [1.29, 1.82) is 0 Å². The SMILES string of the molecule is O=C(Cc1c(F)cc(F)cc1F)NC1CCCC1. The van der Waals surface area contributed by atoms with Crippen molar-refractivity contribution >= 4 is 5.91 Å². The van der Waals surface area contributed by atoms with Gasteiger partial charge in [0.2, 0.25) is 5.91 Å². The molecule has 0 atom stereocenters. The second kappa shape index (κ2) is 5.42. The zero-order valence-corrected chi connectivity index (χ0v) is 9.81. The number of carbonyl (C=O) groups is 1. The molecule has 1 aromatic carbocycles. The van der Waals surface area contributed by atoms with Crippen LogP contribution in [0.5, 0.6) is 0 Å². The maximum atomic E-state index is 13.3. The standard InChI is InChI=1S/C13H14F3NO/c14-8-5-11(15)10(12(16)6-8)7-13(18)17-9-3-1-2-4-9/h5-6,9H,1-4,7H2,(H,17,18). The molecule has 1 amide bonds. The molecule has 0 aliphatic heterocycles. The molecule has 0 spiro atoms. The summed E-state index contributed by atoms with van der Waals surface area (Å²) in [5.74, 6) is -3.44. The van der Waals surface area contributed by atoms with Crippen molar-refractivity contribution in [3.05, 3.63) is 35.1 Å². The third-order valence-electron chi connectivity index (χ3n) is 3.16. The highest BCUT2D eigenvalue weighted by atomic mass is 19.1. The summed E-state index contributed by atoms with van der Waals surface area (Å²) in [7, 11) is 0. The molecule has 1 aliphatic carbocycles. The first-order chi connectivity index (χ1) is 8.56. The van der Waals surface area contributed by atoms with Crippen molar-refractivity contribution in [2.45, 2.75) is 38.1 Å². The molecule has 0 unspecified atom stereocenters. The molecule has 18 heavy (non-hydrogen) atoms. The first-order valence-electron chi connectivity index (χ1n) is 5.99. The number of benzene rings is 1. The Morgan fingerprint density at radius 2 is 1.72 bits per heavy atom. The maximum absolute atomic E-state index is 13.3. The van der Waals surface area contributed by atoms with E-state index in [4.69, 9.17) is 0 Å². The van der Waals surface area contributed by atoms with Crippen LogP contribution in [0, 0.1) is 17.5 Å². The van der Waals surface area contributed by atoms with E-state index in [9.17, 15) is 18.0 Å². The van der Waals surface area contributed by atoms with Crippen molar-refractivity contribution in [3.63, 3.8) is 0 Å². The van der Waals surface area contributed by atoms with Crippen LogP contribution in [-0.2, 0) is 11.2 Å². The molecule has 0 heterocycles. The first kappa shape index (κ1) is 12.9. The average Bonchev–Trinajstić information content (AvgIpc) is 2.76. The molecule has 0 bridgehead atoms. The van der Waals surface area contributed by atoms with E-state index in [1.165, 1.54) is 0 Å². The fourth-order valence-electron chi connectivity index (χ4n) is 2.25. The minimum absolute atomic E-state index is 0.101. The highest BCUT2D eigenvalue weighted by Crippen LogP contribution is 2.19. The van der Waals surface area contributed by atoms with Crippen LogP contribution in [0.2, 0.25) is 0 Å². The van der Waals surface area contributed by atoms with Gasteiger partial charge < -0.3 is 5.32 Å². The molecule has 0 aromatic heterocycles. The molecule has 2 rings (SSSR count). The Kier molecular flexibility index (Phi) is 3.89. The van der Waals surface area contributed by atoms with E-state index in [1.54, 1.807) is 0 Å². The van der Waals surface area contributed by atoms with E-state index < -0.39 is 29.8 Å². The Morgan fingerprint density at radius 3 is 2.28 bits per heavy atom. The largest absolute Gasteiger partial charge is 0.353 e. The minimum Gasteiger partial charge on any atom is -0.353 e. The van der Waals surface area contributed by atoms with Gasteiger partial charge >= 0.3 is 0 Å². The minimum atomic E-state index is -1.02. The van der Waals surface area contributed by atoms with Gasteiger partial charge in [0, 0.05) is 23.7 Å². The van der Waals surface area contributed by atoms with Gasteiger partial charge in [-0.2, -0.15) is 0 Å². The van der Waals surface area contributed by atoms with E-state index in [-0.39, 0.29) is 11.6 Å². The topological polar surface area (TPSA) is 29.1 Å². The molecule has 0 radical (unpaired) electrons. The van der Waals surface area contributed by atoms with Crippen molar-refractivity contribution in [2.24, 2.45) is 0 Å². The van der Waals surface area contributed by atoms with Crippen LogP contribution in [0.3, 0.4) is 0 Å². The molecule has 5 heteroatoms. The third kappa shape index (κ3) is 3.03. The highest BCUT2D eigenvalue weighted by Gasteiger charge is 2.20. The van der Waals surface area contributed by atoms with Crippen LogP contribution >= 0.6 is 0 Å². The molecule has 1 fully saturated rings. The zero-order chi connectivity index (χ0) is 13.1. The quantitative estimate of drug-likeness (QED) is 0.886. The maximum Gasteiger partial charge on any atom is 0.224 e. The highest BCUT2D eigenvalue weighted by molar-refractivity contribution is 5.79. The summed E-state index contributed by atoms with van der Waals surface area (Å²) < 4.78 is 39.3. The smallest absolute Gasteiger partial charge is 0.224 e. The lowest BCUT2D eigenvalue weighted by Crippen LogP contribution is -2.34. The summed E-state index contributed by atoms with van der Waals surface area (Å²) in [4.78, 5) is 11.6. The number of amides is 1. The lowest BCUT2D eigenvalue weighted by molar-refractivity contribution is -0.121. The van der Waals surface area contributed by atoms with Crippen molar-refractivity contribution < 1.29 is 18.0 Å². The number of halogens is 3. The van der Waals surface area contributed by atoms with Crippen molar-refractivity contribution in [3.8, 4) is 0 Å². The van der Waals surface area contributed by atoms with Crippen LogP contribution in [0.25, 0.3) is 0 Å². The van der Waals surface area contributed by atoms with Gasteiger partial charge in [-0.1, -0.05) is 12.8 Å². The summed E-state index contributed by atoms with van der Waals surface area (Å²) in [6.07, 6.45) is 3.53. The Hall–Kier alpha value is -1.52. The number of carbonyl (C=O) groups excluding carboxylic acids is 1. The van der Waals surface area contributed by atoms with E-state index in [0.717, 1.165) is 25.7 Å². The molecule has 0 saturated heterocycles. The predicted molar refractivity (Wildman–Crippen MR) is 60.4 cm³/mol. The summed E-state index contributed by atoms with van der Waals surface area (Å²) in [5, 5.41) is 2.73. The number of hydrogen-bond acceptors (Lipinski definition) is 1. The van der Waals surface area contributed by atoms with Gasteiger partial charge in [-0.3, -0.25) is 4.79 Å². The fourth-order valence-corrected chi connectivity index (χ4v) is 2.25. The first-order valence-corrected chi connectivity index (χ1v) is 5.99. The molecule has 1 N–H and O–H groups in total. The van der Waals surface area contributed by atoms with Crippen LogP contribution in [0.1, 0.15) is 31.2 Å². The van der Waals surface area contributed by atoms with Crippen LogP contribution in [0.15, 0.2) is 12.1 Å². The summed E-state index contributed by atoms with van der Waals surface area (Å²) in [5.41, 5.74) is -0.383. The molecular weight excluding hydrogens is 243 g/mol. The molecule has 1 saturated carbocycles. The second-order valence-electron chi connectivity index (χ2n) is 4.57. The van der Waals surface area contributed by atoms with Gasteiger partial charge in [0.15, 0.2) is 0 Å². The Labute approximate surface area is 103 Å². The van der Waals surface area contributed by atoms with Gasteiger partial charge in [-0.05, 0) is 12.8 Å². The van der Waals surface area contributed by atoms with Crippen LogP contribution in [-0.4, -0.2) is 11.9 Å². The van der Waals surface area contributed by atoms with Crippen LogP contribution < -0.4 is 5.32 Å². The number of rotatable bonds is 3. The Morgan fingerprint density at radius 1 is 1.17 bits per heavy atom. The van der Waals surface area contributed by atoms with Gasteiger partial charge in [0.25, 0.3) is 0 Å². The van der Waals surface area contributed by atoms with E-state index in [0.29, 0.717) is 12.1 Å². The Balaban J connectivity index is 2.02. The normalized spacial score (nSPS) is 15.9. The lowest BCUT2D eigenvalue weighted by atomic mass is 10.1. The van der Waals surface area contributed by atoms with Gasteiger partial charge in [-0.15, -0.1) is 0 Å². The zero-order valence-electron chi connectivity index (χ0n) is 9.81. The van der Waals surface area contributed by atoms with Gasteiger partial charge in [0.05, 0.1) is 6.42 Å². The molecule has 98 valence electrons. The van der Waals surface area contributed by atoms with E-state index >= 15 is 0 Å². The van der Waals surface area contributed by atoms with Crippen LogP contribution in [0.4, 0.5) is 13.2 Å². The monoisotopic (exact) mass is 257 g/mol. The molecule has 1 aromatic rings. The van der Waals surface area contributed by atoms with Gasteiger partial charge in [-0.25, -0.2) is 13.2 Å². The van der Waals surface area contributed by atoms with Gasteiger partial charge in [0.1, 0.15) is 17.5 Å². The summed E-state index contributed by atoms with van der Waals surface area (Å²) in [6, 6.07) is 1.27. The van der Waals surface area contributed by atoms with Crippen molar-refractivity contribution in [2.75, 3.05) is 0 Å². The Bertz CT molecular complexity index is 433. The molecule has 1 aliphatic rings. The second-order valence-corrected chi connectivity index (χ2v) is 4.57. The molecule has 2 nitrogen and oxygen atoms in total. The summed E-state index contributed by atoms with van der Waals surface area (Å²) in [6.45, 7) is 0. The number of hydrogen-bond donors (Lipinski definition) is 1. The van der Waals surface area contributed by atoms with E-state index in [2.05, 4.69) is 5.32 Å². The fraction of sp³-hybridized carbons (Fsp3) is 0.462.